The van der Waals surface area contributed by atoms with Crippen LogP contribution in [-0.4, -0.2) is 35.4 Å². The monoisotopic (exact) mass is 461 g/mol. The highest BCUT2D eigenvalue weighted by Gasteiger charge is 2.23. The minimum absolute atomic E-state index is 0.177. The molecule has 5 rings (SSSR count). The number of aryl methyl sites for hydroxylation is 2. The third kappa shape index (κ3) is 3.76. The summed E-state index contributed by atoms with van der Waals surface area (Å²) < 4.78 is 31.0. The number of alkyl halides is 2. The van der Waals surface area contributed by atoms with Gasteiger partial charge in [0.25, 0.3) is 6.43 Å². The summed E-state index contributed by atoms with van der Waals surface area (Å²) in [6.45, 7) is 3.26. The molecule has 1 aromatic carbocycles. The standard InChI is InChI=1S/C24H21F2N7O/c1-13-22-16(23(25)26)10-19(17-11-27-32(3)14(17)2)29-24(22)33(31-13)12-21(34)30-20-9-8-15-6-4-5-7-18(15)28-20/h4-11,23H,12H2,1-3H3,(H,28,30,34). The normalized spacial score (nSPS) is 11.6. The van der Waals surface area contributed by atoms with Crippen LogP contribution in [0, 0.1) is 13.8 Å². The van der Waals surface area contributed by atoms with Gasteiger partial charge in [-0.2, -0.15) is 10.2 Å². The fraction of sp³-hybridized carbons (Fsp3) is 0.208. The van der Waals surface area contributed by atoms with Crippen LogP contribution in [0.15, 0.2) is 48.7 Å². The summed E-state index contributed by atoms with van der Waals surface area (Å²) in [6, 6.07) is 12.5. The Morgan fingerprint density at radius 2 is 1.91 bits per heavy atom. The number of hydrogen-bond donors (Lipinski definition) is 1. The van der Waals surface area contributed by atoms with Gasteiger partial charge in [-0.05, 0) is 38.1 Å². The molecule has 0 aliphatic heterocycles. The molecule has 0 unspecified atom stereocenters. The van der Waals surface area contributed by atoms with Crippen molar-refractivity contribution < 1.29 is 13.6 Å². The highest BCUT2D eigenvalue weighted by molar-refractivity contribution is 5.93. The first-order valence-electron chi connectivity index (χ1n) is 10.6. The number of hydrogen-bond acceptors (Lipinski definition) is 5. The van der Waals surface area contributed by atoms with Gasteiger partial charge in [0.15, 0.2) is 5.65 Å². The van der Waals surface area contributed by atoms with Crippen LogP contribution >= 0.6 is 0 Å². The van der Waals surface area contributed by atoms with E-state index < -0.39 is 12.3 Å². The molecule has 0 aliphatic carbocycles. The zero-order valence-electron chi connectivity index (χ0n) is 18.8. The predicted octanol–water partition coefficient (Wildman–Crippen LogP) is 4.57. The molecule has 1 amide bonds. The molecule has 4 aromatic heterocycles. The summed E-state index contributed by atoms with van der Waals surface area (Å²) in [4.78, 5) is 21.8. The van der Waals surface area contributed by atoms with Crippen LogP contribution in [-0.2, 0) is 18.4 Å². The maximum absolute atomic E-state index is 14.0. The third-order valence-electron chi connectivity index (χ3n) is 5.81. The van der Waals surface area contributed by atoms with Gasteiger partial charge < -0.3 is 5.32 Å². The minimum Gasteiger partial charge on any atom is -0.309 e. The summed E-state index contributed by atoms with van der Waals surface area (Å²) in [5.41, 5.74) is 2.95. The topological polar surface area (TPSA) is 90.5 Å². The van der Waals surface area contributed by atoms with E-state index in [9.17, 15) is 13.6 Å². The van der Waals surface area contributed by atoms with Crippen LogP contribution in [0.4, 0.5) is 14.6 Å². The number of nitrogens with one attached hydrogen (secondary N) is 1. The number of aromatic nitrogens is 6. The first kappa shape index (κ1) is 21.6. The highest BCUT2D eigenvalue weighted by atomic mass is 19.3. The van der Waals surface area contributed by atoms with Crippen molar-refractivity contribution in [2.45, 2.75) is 26.8 Å². The Bertz CT molecular complexity index is 1550. The van der Waals surface area contributed by atoms with E-state index in [0.29, 0.717) is 22.8 Å². The van der Waals surface area contributed by atoms with Crippen molar-refractivity contribution in [3.63, 3.8) is 0 Å². The fourth-order valence-electron chi connectivity index (χ4n) is 4.01. The Labute approximate surface area is 193 Å². The Balaban J connectivity index is 1.52. The number of carbonyl (C=O) groups is 1. The van der Waals surface area contributed by atoms with Crippen molar-refractivity contribution >= 4 is 33.7 Å². The summed E-state index contributed by atoms with van der Waals surface area (Å²) in [7, 11) is 1.77. The van der Waals surface area contributed by atoms with Crippen LogP contribution in [0.3, 0.4) is 0 Å². The van der Waals surface area contributed by atoms with Crippen LogP contribution in [0.25, 0.3) is 33.2 Å². The first-order chi connectivity index (χ1) is 16.3. The molecule has 172 valence electrons. The molecule has 0 aliphatic rings. The van der Waals surface area contributed by atoms with Crippen LogP contribution in [0.2, 0.25) is 0 Å². The average molecular weight is 461 g/mol. The van der Waals surface area contributed by atoms with Crippen molar-refractivity contribution in [3.8, 4) is 11.3 Å². The Hall–Kier alpha value is -4.21. The molecule has 5 aromatic rings. The number of halogens is 2. The minimum atomic E-state index is -2.73. The number of rotatable bonds is 5. The van der Waals surface area contributed by atoms with E-state index in [1.807, 2.05) is 37.3 Å². The number of benzene rings is 1. The van der Waals surface area contributed by atoms with Gasteiger partial charge in [0.2, 0.25) is 5.91 Å². The second kappa shape index (κ2) is 8.29. The number of fused-ring (bicyclic) bond motifs is 2. The van der Waals surface area contributed by atoms with E-state index in [0.717, 1.165) is 16.6 Å². The molecule has 1 N–H and O–H groups in total. The molecular weight excluding hydrogens is 440 g/mol. The number of amides is 1. The molecule has 0 saturated carbocycles. The van der Waals surface area contributed by atoms with E-state index in [2.05, 4.69) is 25.5 Å². The number of nitrogens with zero attached hydrogens (tertiary/aromatic N) is 6. The van der Waals surface area contributed by atoms with Crippen LogP contribution in [0.5, 0.6) is 0 Å². The maximum Gasteiger partial charge on any atom is 0.264 e. The SMILES string of the molecule is Cc1nn(CC(=O)Nc2ccc3ccccc3n2)c2nc(-c3cnn(C)c3C)cc(C(F)F)c12. The van der Waals surface area contributed by atoms with E-state index >= 15 is 0 Å². The van der Waals surface area contributed by atoms with Crippen molar-refractivity contribution in [3.05, 3.63) is 65.6 Å². The molecule has 0 bridgehead atoms. The fourth-order valence-corrected chi connectivity index (χ4v) is 4.01. The molecule has 0 radical (unpaired) electrons. The van der Waals surface area contributed by atoms with E-state index in [1.54, 1.807) is 30.9 Å². The molecule has 0 atom stereocenters. The third-order valence-corrected chi connectivity index (χ3v) is 5.81. The second-order valence-corrected chi connectivity index (χ2v) is 8.04. The smallest absolute Gasteiger partial charge is 0.264 e. The quantitative estimate of drug-likeness (QED) is 0.414. The average Bonchev–Trinajstić information content (AvgIpc) is 3.31. The lowest BCUT2D eigenvalue weighted by molar-refractivity contribution is -0.116. The Kier molecular flexibility index (Phi) is 5.27. The zero-order chi connectivity index (χ0) is 24.0. The lowest BCUT2D eigenvalue weighted by atomic mass is 10.1. The van der Waals surface area contributed by atoms with Gasteiger partial charge in [0.1, 0.15) is 12.4 Å². The van der Waals surface area contributed by atoms with Gasteiger partial charge in [-0.25, -0.2) is 23.4 Å². The summed E-state index contributed by atoms with van der Waals surface area (Å²) in [5, 5.41) is 12.5. The Morgan fingerprint density at radius 3 is 2.65 bits per heavy atom. The van der Waals surface area contributed by atoms with E-state index in [-0.39, 0.29) is 23.1 Å². The van der Waals surface area contributed by atoms with Gasteiger partial charge in [0, 0.05) is 29.3 Å². The molecule has 8 nitrogen and oxygen atoms in total. The van der Waals surface area contributed by atoms with Crippen molar-refractivity contribution in [1.29, 1.82) is 0 Å². The molecule has 0 spiro atoms. The summed E-state index contributed by atoms with van der Waals surface area (Å²) >= 11 is 0. The van der Waals surface area contributed by atoms with Gasteiger partial charge in [-0.3, -0.25) is 9.48 Å². The van der Waals surface area contributed by atoms with Crippen molar-refractivity contribution in [2.24, 2.45) is 7.05 Å². The van der Waals surface area contributed by atoms with Gasteiger partial charge in [-0.15, -0.1) is 0 Å². The van der Waals surface area contributed by atoms with Gasteiger partial charge in [0.05, 0.1) is 28.5 Å². The lowest BCUT2D eigenvalue weighted by Gasteiger charge is -2.09. The largest absolute Gasteiger partial charge is 0.309 e. The Morgan fingerprint density at radius 1 is 1.12 bits per heavy atom. The van der Waals surface area contributed by atoms with E-state index in [4.69, 9.17) is 0 Å². The summed E-state index contributed by atoms with van der Waals surface area (Å²) in [6.07, 6.45) is -1.14. The van der Waals surface area contributed by atoms with Crippen molar-refractivity contribution in [1.82, 2.24) is 29.5 Å². The lowest BCUT2D eigenvalue weighted by Crippen LogP contribution is -2.20. The van der Waals surface area contributed by atoms with Gasteiger partial charge >= 0.3 is 0 Å². The summed E-state index contributed by atoms with van der Waals surface area (Å²) in [5.74, 6) is 0.000301. The molecule has 4 heterocycles. The zero-order valence-corrected chi connectivity index (χ0v) is 18.8. The second-order valence-electron chi connectivity index (χ2n) is 8.04. The maximum atomic E-state index is 14.0. The predicted molar refractivity (Wildman–Crippen MR) is 125 cm³/mol. The number of para-hydroxylation sites is 1. The number of pyridine rings is 2. The molecule has 0 fully saturated rings. The van der Waals surface area contributed by atoms with Crippen LogP contribution in [0.1, 0.15) is 23.4 Å². The highest BCUT2D eigenvalue weighted by Crippen LogP contribution is 2.33. The molecule has 34 heavy (non-hydrogen) atoms. The molecular formula is C24H21F2N7O. The number of anilines is 1. The molecule has 10 heteroatoms. The van der Waals surface area contributed by atoms with Gasteiger partial charge in [-0.1, -0.05) is 18.2 Å². The molecule has 0 saturated heterocycles. The first-order valence-corrected chi connectivity index (χ1v) is 10.6. The van der Waals surface area contributed by atoms with E-state index in [1.165, 1.54) is 10.7 Å². The van der Waals surface area contributed by atoms with Crippen molar-refractivity contribution in [2.75, 3.05) is 5.32 Å². The van der Waals surface area contributed by atoms with Crippen LogP contribution < -0.4 is 5.32 Å². The number of carbonyl (C=O) groups excluding carboxylic acids is 1.